The zero-order chi connectivity index (χ0) is 16.7. The molecule has 4 heteroatoms. The van der Waals surface area contributed by atoms with Gasteiger partial charge in [-0.1, -0.05) is 49.4 Å². The molecule has 23 heavy (non-hydrogen) atoms. The fourth-order valence-electron chi connectivity index (χ4n) is 2.47. The first kappa shape index (κ1) is 17.2. The molecule has 0 spiro atoms. The second kappa shape index (κ2) is 8.46. The minimum absolute atomic E-state index is 0.310. The first-order valence-corrected chi connectivity index (χ1v) is 7.85. The lowest BCUT2D eigenvalue weighted by Gasteiger charge is -2.15. The van der Waals surface area contributed by atoms with Crippen molar-refractivity contribution < 1.29 is 15.0 Å². The van der Waals surface area contributed by atoms with E-state index in [9.17, 15) is 9.90 Å². The lowest BCUT2D eigenvalue weighted by atomic mass is 9.97. The molecule has 2 atom stereocenters. The molecular formula is C19H23NO3. The summed E-state index contributed by atoms with van der Waals surface area (Å²) in [6.07, 6.45) is 0.426. The summed E-state index contributed by atoms with van der Waals surface area (Å²) in [5.74, 6) is -0.569. The number of aliphatic hydroxyl groups is 1. The van der Waals surface area contributed by atoms with Gasteiger partial charge in [0.2, 0.25) is 0 Å². The minimum Gasteiger partial charge on any atom is -0.478 e. The van der Waals surface area contributed by atoms with Crippen molar-refractivity contribution in [2.45, 2.75) is 25.4 Å². The van der Waals surface area contributed by atoms with Gasteiger partial charge in [-0.3, -0.25) is 0 Å². The smallest absolute Gasteiger partial charge is 0.335 e. The highest BCUT2D eigenvalue weighted by molar-refractivity contribution is 5.87. The minimum atomic E-state index is -0.902. The predicted molar refractivity (Wildman–Crippen MR) is 90.7 cm³/mol. The summed E-state index contributed by atoms with van der Waals surface area (Å²) in [6, 6.07) is 16.6. The van der Waals surface area contributed by atoms with Crippen molar-refractivity contribution in [2.24, 2.45) is 0 Å². The van der Waals surface area contributed by atoms with Crippen LogP contribution in [0.25, 0.3) is 0 Å². The molecule has 0 aliphatic rings. The van der Waals surface area contributed by atoms with E-state index < -0.39 is 12.1 Å². The molecule has 2 aromatic carbocycles. The zero-order valence-electron chi connectivity index (χ0n) is 13.3. The average molecular weight is 313 g/mol. The Labute approximate surface area is 136 Å². The van der Waals surface area contributed by atoms with Crippen LogP contribution in [0.1, 0.15) is 46.9 Å². The third-order valence-electron chi connectivity index (χ3n) is 4.00. The van der Waals surface area contributed by atoms with E-state index in [1.807, 2.05) is 42.5 Å². The van der Waals surface area contributed by atoms with E-state index in [1.54, 1.807) is 12.1 Å². The SMILES string of the molecule is CC(CCNCC(O)c1ccccc1)c1ccc(C(=O)O)cc1. The standard InChI is InChI=1S/C19H23NO3/c1-14(15-7-9-17(10-8-15)19(22)23)11-12-20-13-18(21)16-5-3-2-4-6-16/h2-10,14,18,20-21H,11-13H2,1H3,(H,22,23). The third kappa shape index (κ3) is 5.20. The van der Waals surface area contributed by atoms with Crippen LogP contribution in [0.5, 0.6) is 0 Å². The monoisotopic (exact) mass is 313 g/mol. The zero-order valence-corrected chi connectivity index (χ0v) is 13.3. The van der Waals surface area contributed by atoms with Gasteiger partial charge >= 0.3 is 5.97 Å². The lowest BCUT2D eigenvalue weighted by molar-refractivity contribution is 0.0697. The second-order valence-electron chi connectivity index (χ2n) is 5.75. The average Bonchev–Trinajstić information content (AvgIpc) is 2.59. The maximum atomic E-state index is 10.8. The van der Waals surface area contributed by atoms with E-state index in [-0.39, 0.29) is 0 Å². The van der Waals surface area contributed by atoms with Crippen LogP contribution in [-0.2, 0) is 0 Å². The molecule has 0 aliphatic heterocycles. The van der Waals surface area contributed by atoms with Gasteiger partial charge in [-0.2, -0.15) is 0 Å². The number of benzene rings is 2. The van der Waals surface area contributed by atoms with Crippen LogP contribution >= 0.6 is 0 Å². The Hall–Kier alpha value is -2.17. The largest absolute Gasteiger partial charge is 0.478 e. The van der Waals surface area contributed by atoms with Crippen molar-refractivity contribution in [3.05, 3.63) is 71.3 Å². The predicted octanol–water partition coefficient (Wildman–Crippen LogP) is 3.20. The summed E-state index contributed by atoms with van der Waals surface area (Å²) in [6.45, 7) is 3.44. The number of rotatable bonds is 8. The van der Waals surface area contributed by atoms with E-state index in [2.05, 4.69) is 12.2 Å². The summed E-state index contributed by atoms with van der Waals surface area (Å²) in [4.78, 5) is 10.8. The van der Waals surface area contributed by atoms with Gasteiger partial charge in [0.25, 0.3) is 0 Å². The summed E-state index contributed by atoms with van der Waals surface area (Å²) >= 11 is 0. The van der Waals surface area contributed by atoms with Gasteiger partial charge < -0.3 is 15.5 Å². The van der Waals surface area contributed by atoms with Crippen molar-refractivity contribution in [2.75, 3.05) is 13.1 Å². The third-order valence-corrected chi connectivity index (χ3v) is 4.00. The molecule has 122 valence electrons. The highest BCUT2D eigenvalue weighted by Gasteiger charge is 2.09. The van der Waals surface area contributed by atoms with Crippen LogP contribution < -0.4 is 5.32 Å². The molecule has 0 bridgehead atoms. The van der Waals surface area contributed by atoms with Gasteiger partial charge in [-0.15, -0.1) is 0 Å². The second-order valence-corrected chi connectivity index (χ2v) is 5.75. The summed E-state index contributed by atoms with van der Waals surface area (Å²) in [5, 5.41) is 22.2. The summed E-state index contributed by atoms with van der Waals surface area (Å²) < 4.78 is 0. The fraction of sp³-hybridized carbons (Fsp3) is 0.316. The molecule has 2 aromatic rings. The number of carboxylic acid groups (broad SMARTS) is 1. The molecule has 3 N–H and O–H groups in total. The first-order valence-electron chi connectivity index (χ1n) is 7.85. The Morgan fingerprint density at radius 2 is 1.70 bits per heavy atom. The van der Waals surface area contributed by atoms with Crippen LogP contribution in [0.2, 0.25) is 0 Å². The van der Waals surface area contributed by atoms with Crippen LogP contribution in [-0.4, -0.2) is 29.3 Å². The van der Waals surface area contributed by atoms with Gasteiger partial charge in [0.1, 0.15) is 0 Å². The topological polar surface area (TPSA) is 69.6 Å². The van der Waals surface area contributed by atoms with Crippen LogP contribution in [0, 0.1) is 0 Å². The van der Waals surface area contributed by atoms with E-state index in [1.165, 1.54) is 0 Å². The highest BCUT2D eigenvalue weighted by atomic mass is 16.4. The number of carboxylic acids is 1. The molecule has 2 rings (SSSR count). The summed E-state index contributed by atoms with van der Waals surface area (Å²) in [5.41, 5.74) is 2.35. The molecule has 2 unspecified atom stereocenters. The van der Waals surface area contributed by atoms with Crippen LogP contribution in [0.15, 0.2) is 54.6 Å². The number of aliphatic hydroxyl groups excluding tert-OH is 1. The molecule has 4 nitrogen and oxygen atoms in total. The van der Waals surface area contributed by atoms with Gasteiger partial charge in [-0.25, -0.2) is 4.79 Å². The number of aromatic carboxylic acids is 1. The maximum Gasteiger partial charge on any atom is 0.335 e. The molecule has 0 saturated carbocycles. The number of carbonyl (C=O) groups is 1. The molecular weight excluding hydrogens is 290 g/mol. The molecule has 0 radical (unpaired) electrons. The summed E-state index contributed by atoms with van der Waals surface area (Å²) in [7, 11) is 0. The van der Waals surface area contributed by atoms with Crippen LogP contribution in [0.3, 0.4) is 0 Å². The fourth-order valence-corrected chi connectivity index (χ4v) is 2.47. The van der Waals surface area contributed by atoms with Gasteiger partial charge in [0.05, 0.1) is 11.7 Å². The van der Waals surface area contributed by atoms with Crippen molar-refractivity contribution in [1.29, 1.82) is 0 Å². The van der Waals surface area contributed by atoms with Crippen molar-refractivity contribution in [3.63, 3.8) is 0 Å². The van der Waals surface area contributed by atoms with Crippen LogP contribution in [0.4, 0.5) is 0 Å². The highest BCUT2D eigenvalue weighted by Crippen LogP contribution is 2.19. The van der Waals surface area contributed by atoms with E-state index >= 15 is 0 Å². The van der Waals surface area contributed by atoms with Gasteiger partial charge in [-0.05, 0) is 42.1 Å². The van der Waals surface area contributed by atoms with Crippen molar-refractivity contribution in [1.82, 2.24) is 5.32 Å². The molecule has 0 fully saturated rings. The van der Waals surface area contributed by atoms with E-state index in [4.69, 9.17) is 5.11 Å². The Morgan fingerprint density at radius 1 is 1.04 bits per heavy atom. The number of hydrogen-bond acceptors (Lipinski definition) is 3. The molecule has 0 amide bonds. The first-order chi connectivity index (χ1) is 11.1. The van der Waals surface area contributed by atoms with Crippen molar-refractivity contribution >= 4 is 5.97 Å². The maximum absolute atomic E-state index is 10.8. The van der Waals surface area contributed by atoms with E-state index in [0.29, 0.717) is 18.0 Å². The Kier molecular flexibility index (Phi) is 6.32. The van der Waals surface area contributed by atoms with E-state index in [0.717, 1.165) is 24.1 Å². The quantitative estimate of drug-likeness (QED) is 0.655. The van der Waals surface area contributed by atoms with Gasteiger partial charge in [0, 0.05) is 6.54 Å². The molecule has 0 heterocycles. The molecule has 0 saturated heterocycles. The number of nitrogens with one attached hydrogen (secondary N) is 1. The van der Waals surface area contributed by atoms with Crippen molar-refractivity contribution in [3.8, 4) is 0 Å². The lowest BCUT2D eigenvalue weighted by Crippen LogP contribution is -2.23. The molecule has 0 aromatic heterocycles. The molecule has 0 aliphatic carbocycles. The Morgan fingerprint density at radius 3 is 2.30 bits per heavy atom. The van der Waals surface area contributed by atoms with Gasteiger partial charge in [0.15, 0.2) is 0 Å². The normalized spacial score (nSPS) is 13.5. The number of hydrogen-bond donors (Lipinski definition) is 3. The Balaban J connectivity index is 1.74. The Bertz CT molecular complexity index is 610.